The summed E-state index contributed by atoms with van der Waals surface area (Å²) in [5, 5.41) is 9.86. The van der Waals surface area contributed by atoms with Crippen LogP contribution in [0.2, 0.25) is 0 Å². The lowest BCUT2D eigenvalue weighted by Crippen LogP contribution is -2.32. The molecule has 6 nitrogen and oxygen atoms in total. The number of fused-ring (bicyclic) bond motifs is 1. The molecule has 110 valence electrons. The third-order valence-corrected chi connectivity index (χ3v) is 3.85. The summed E-state index contributed by atoms with van der Waals surface area (Å²) in [5.41, 5.74) is 11.4. The van der Waals surface area contributed by atoms with E-state index in [4.69, 9.17) is 5.73 Å². The molecule has 6 heteroatoms. The van der Waals surface area contributed by atoms with Gasteiger partial charge in [-0.15, -0.1) is 0 Å². The van der Waals surface area contributed by atoms with Crippen LogP contribution in [0.15, 0.2) is 18.2 Å². The predicted molar refractivity (Wildman–Crippen MR) is 83.5 cm³/mol. The van der Waals surface area contributed by atoms with E-state index in [1.807, 2.05) is 30.9 Å². The lowest BCUT2D eigenvalue weighted by atomic mass is 10.1. The minimum absolute atomic E-state index is 0.0568. The lowest BCUT2D eigenvalue weighted by molar-refractivity contribution is -0.115. The smallest absolute Gasteiger partial charge is 0.243 e. The highest BCUT2D eigenvalue weighted by Gasteiger charge is 2.23. The van der Waals surface area contributed by atoms with Crippen molar-refractivity contribution in [1.82, 2.24) is 10.2 Å². The summed E-state index contributed by atoms with van der Waals surface area (Å²) in [4.78, 5) is 14.3. The van der Waals surface area contributed by atoms with E-state index in [9.17, 15) is 4.79 Å². The van der Waals surface area contributed by atoms with E-state index >= 15 is 0 Å². The Kier molecular flexibility index (Phi) is 3.29. The van der Waals surface area contributed by atoms with E-state index in [1.165, 1.54) is 5.56 Å². The summed E-state index contributed by atoms with van der Waals surface area (Å²) in [6.07, 6.45) is 0.928. The van der Waals surface area contributed by atoms with Gasteiger partial charge in [-0.05, 0) is 31.9 Å². The molecule has 0 aliphatic carbocycles. The standard InChI is InChI=1S/C15H19N5O/c1-9-14(10(2)19-18-9)17-13(21)8-20-7-6-11-4-3-5-12(16)15(11)20/h3-5H,6-8,16H2,1-2H3,(H,17,21)(H,18,19). The number of amides is 1. The largest absolute Gasteiger partial charge is 0.397 e. The Morgan fingerprint density at radius 3 is 3.00 bits per heavy atom. The molecular formula is C15H19N5O. The van der Waals surface area contributed by atoms with Crippen LogP contribution in [-0.4, -0.2) is 29.2 Å². The summed E-state index contributed by atoms with van der Waals surface area (Å²) in [5.74, 6) is -0.0568. The van der Waals surface area contributed by atoms with Gasteiger partial charge in [0.2, 0.25) is 5.91 Å². The Hall–Kier alpha value is -2.50. The topological polar surface area (TPSA) is 87.0 Å². The number of aromatic nitrogens is 2. The molecule has 0 saturated carbocycles. The van der Waals surface area contributed by atoms with E-state index in [0.717, 1.165) is 41.4 Å². The Bertz CT molecular complexity index is 672. The number of hydrogen-bond donors (Lipinski definition) is 3. The summed E-state index contributed by atoms with van der Waals surface area (Å²) in [6, 6.07) is 5.89. The second-order valence-electron chi connectivity index (χ2n) is 5.38. The predicted octanol–water partition coefficient (Wildman–Crippen LogP) is 1.61. The number of anilines is 3. The zero-order valence-electron chi connectivity index (χ0n) is 12.2. The van der Waals surface area contributed by atoms with Crippen LogP contribution in [0.25, 0.3) is 0 Å². The molecule has 0 bridgehead atoms. The number of para-hydroxylation sites is 1. The maximum Gasteiger partial charge on any atom is 0.243 e. The highest BCUT2D eigenvalue weighted by molar-refractivity contribution is 5.96. The number of rotatable bonds is 3. The lowest BCUT2D eigenvalue weighted by Gasteiger charge is -2.20. The Morgan fingerprint density at radius 2 is 2.29 bits per heavy atom. The molecule has 3 rings (SSSR count). The molecule has 4 N–H and O–H groups in total. The van der Waals surface area contributed by atoms with E-state index in [-0.39, 0.29) is 5.91 Å². The number of nitrogens with zero attached hydrogens (tertiary/aromatic N) is 2. The summed E-state index contributed by atoms with van der Waals surface area (Å²) in [7, 11) is 0. The number of aryl methyl sites for hydroxylation is 2. The van der Waals surface area contributed by atoms with Crippen molar-refractivity contribution < 1.29 is 4.79 Å². The quantitative estimate of drug-likeness (QED) is 0.748. The molecule has 0 atom stereocenters. The Balaban J connectivity index is 1.73. The first-order valence-electron chi connectivity index (χ1n) is 7.00. The van der Waals surface area contributed by atoms with E-state index < -0.39 is 0 Å². The van der Waals surface area contributed by atoms with Crippen molar-refractivity contribution in [3.05, 3.63) is 35.2 Å². The first kappa shape index (κ1) is 13.5. The van der Waals surface area contributed by atoms with Gasteiger partial charge in [-0.1, -0.05) is 12.1 Å². The molecule has 1 aliphatic rings. The average Bonchev–Trinajstić information content (AvgIpc) is 2.98. The number of nitrogens with one attached hydrogen (secondary N) is 2. The van der Waals surface area contributed by atoms with Gasteiger partial charge in [0.05, 0.1) is 35.0 Å². The van der Waals surface area contributed by atoms with Crippen LogP contribution in [-0.2, 0) is 11.2 Å². The van der Waals surface area contributed by atoms with E-state index in [1.54, 1.807) is 0 Å². The van der Waals surface area contributed by atoms with Gasteiger partial charge in [0.15, 0.2) is 0 Å². The van der Waals surface area contributed by atoms with Gasteiger partial charge in [0, 0.05) is 6.54 Å². The van der Waals surface area contributed by atoms with Gasteiger partial charge in [-0.3, -0.25) is 9.89 Å². The van der Waals surface area contributed by atoms with Gasteiger partial charge in [0.25, 0.3) is 0 Å². The summed E-state index contributed by atoms with van der Waals surface area (Å²) >= 11 is 0. The van der Waals surface area contributed by atoms with Crippen molar-refractivity contribution in [2.24, 2.45) is 0 Å². The molecule has 21 heavy (non-hydrogen) atoms. The fraction of sp³-hybridized carbons (Fsp3) is 0.333. The fourth-order valence-corrected chi connectivity index (χ4v) is 2.81. The van der Waals surface area contributed by atoms with Crippen molar-refractivity contribution in [1.29, 1.82) is 0 Å². The number of carbonyl (C=O) groups is 1. The van der Waals surface area contributed by atoms with Gasteiger partial charge in [-0.2, -0.15) is 5.10 Å². The van der Waals surface area contributed by atoms with Crippen molar-refractivity contribution in [3.63, 3.8) is 0 Å². The molecule has 1 aliphatic heterocycles. The molecule has 1 aromatic heterocycles. The van der Waals surface area contributed by atoms with Crippen LogP contribution in [0.3, 0.4) is 0 Å². The molecule has 0 saturated heterocycles. The number of benzene rings is 1. The molecule has 2 aromatic rings. The number of hydrogen-bond acceptors (Lipinski definition) is 4. The first-order valence-corrected chi connectivity index (χ1v) is 7.00. The monoisotopic (exact) mass is 285 g/mol. The molecule has 1 aromatic carbocycles. The van der Waals surface area contributed by atoms with Crippen molar-refractivity contribution in [3.8, 4) is 0 Å². The number of H-pyrrole nitrogens is 1. The zero-order valence-corrected chi connectivity index (χ0v) is 12.2. The molecular weight excluding hydrogens is 266 g/mol. The SMILES string of the molecule is Cc1n[nH]c(C)c1NC(=O)CN1CCc2cccc(N)c21. The van der Waals surface area contributed by atoms with Crippen molar-refractivity contribution in [2.75, 3.05) is 29.0 Å². The summed E-state index contributed by atoms with van der Waals surface area (Å²) < 4.78 is 0. The number of nitrogens with two attached hydrogens (primary N) is 1. The molecule has 2 heterocycles. The Morgan fingerprint density at radius 1 is 1.48 bits per heavy atom. The van der Waals surface area contributed by atoms with Crippen LogP contribution < -0.4 is 16.0 Å². The highest BCUT2D eigenvalue weighted by atomic mass is 16.2. The maximum atomic E-state index is 12.3. The molecule has 0 spiro atoms. The van der Waals surface area contributed by atoms with Gasteiger partial charge in [0.1, 0.15) is 0 Å². The van der Waals surface area contributed by atoms with Gasteiger partial charge < -0.3 is 16.0 Å². The minimum Gasteiger partial charge on any atom is -0.397 e. The molecule has 0 fully saturated rings. The third kappa shape index (κ3) is 2.44. The normalized spacial score (nSPS) is 13.3. The second kappa shape index (κ2) is 5.12. The third-order valence-electron chi connectivity index (χ3n) is 3.85. The minimum atomic E-state index is -0.0568. The van der Waals surface area contributed by atoms with Gasteiger partial charge >= 0.3 is 0 Å². The van der Waals surface area contributed by atoms with E-state index in [2.05, 4.69) is 21.6 Å². The Labute approximate surface area is 123 Å². The molecule has 1 amide bonds. The number of nitrogen functional groups attached to an aromatic ring is 1. The van der Waals surface area contributed by atoms with Crippen LogP contribution >= 0.6 is 0 Å². The maximum absolute atomic E-state index is 12.3. The highest BCUT2D eigenvalue weighted by Crippen LogP contribution is 2.33. The molecule has 0 radical (unpaired) electrons. The first-order chi connectivity index (χ1) is 10.1. The van der Waals surface area contributed by atoms with Crippen LogP contribution in [0.5, 0.6) is 0 Å². The number of carbonyl (C=O) groups excluding carboxylic acids is 1. The van der Waals surface area contributed by atoms with Crippen molar-refractivity contribution >= 4 is 23.0 Å². The van der Waals surface area contributed by atoms with Gasteiger partial charge in [-0.25, -0.2) is 0 Å². The average molecular weight is 285 g/mol. The van der Waals surface area contributed by atoms with Crippen LogP contribution in [0, 0.1) is 13.8 Å². The fourth-order valence-electron chi connectivity index (χ4n) is 2.81. The molecule has 0 unspecified atom stereocenters. The summed E-state index contributed by atoms with van der Waals surface area (Å²) in [6.45, 7) is 4.87. The van der Waals surface area contributed by atoms with E-state index in [0.29, 0.717) is 6.54 Å². The van der Waals surface area contributed by atoms with Crippen molar-refractivity contribution in [2.45, 2.75) is 20.3 Å². The zero-order chi connectivity index (χ0) is 15.0. The second-order valence-corrected chi connectivity index (χ2v) is 5.38. The number of aromatic amines is 1. The van der Waals surface area contributed by atoms with Crippen LogP contribution in [0.4, 0.5) is 17.1 Å². The van der Waals surface area contributed by atoms with Crippen LogP contribution in [0.1, 0.15) is 17.0 Å².